The molecule has 4 aliphatic heterocycles. The summed E-state index contributed by atoms with van der Waals surface area (Å²) < 4.78 is 11.0. The molecule has 43 heavy (non-hydrogen) atoms. The van der Waals surface area contributed by atoms with Gasteiger partial charge in [-0.05, 0) is 0 Å². The van der Waals surface area contributed by atoms with Crippen LogP contribution >= 0.6 is 0 Å². The van der Waals surface area contributed by atoms with E-state index in [1.165, 1.54) is 0 Å². The fourth-order valence-corrected chi connectivity index (χ4v) is 11.4. The molecule has 9 nitrogen and oxygen atoms in total. The maximum atomic E-state index is 6.60. The van der Waals surface area contributed by atoms with E-state index in [4.69, 9.17) is 33.5 Å². The molecule has 0 fully saturated rings. The van der Waals surface area contributed by atoms with E-state index in [0.29, 0.717) is 23.3 Å². The molecule has 0 saturated heterocycles. The first kappa shape index (κ1) is 23.4. The summed E-state index contributed by atoms with van der Waals surface area (Å²) in [4.78, 5) is 31.2. The van der Waals surface area contributed by atoms with Gasteiger partial charge in [0.15, 0.2) is 0 Å². The van der Waals surface area contributed by atoms with Crippen molar-refractivity contribution in [2.24, 2.45) is 30.0 Å². The third-order valence-corrected chi connectivity index (χ3v) is 13.3. The summed E-state index contributed by atoms with van der Waals surface area (Å²) in [6.07, 6.45) is 0. The van der Waals surface area contributed by atoms with Crippen molar-refractivity contribution in [1.82, 2.24) is 6.55 Å². The fraction of sp³-hybridized carbons (Fsp3) is 0.0303. The molecular weight excluding hydrogens is 594 g/mol. The Hall–Kier alpha value is -5.16. The van der Waals surface area contributed by atoms with Gasteiger partial charge in [-0.3, -0.25) is 0 Å². The van der Waals surface area contributed by atoms with Crippen LogP contribution in [0.4, 0.5) is 11.6 Å². The molecule has 10 heteroatoms. The Labute approximate surface area is 250 Å². The molecule has 200 valence electrons. The van der Waals surface area contributed by atoms with Gasteiger partial charge in [-0.15, -0.1) is 0 Å². The van der Waals surface area contributed by atoms with E-state index in [0.717, 1.165) is 66.4 Å². The molecule has 4 aromatic carbocycles. The number of fused-ring (bicyclic) bond motifs is 14. The molecular formula is C33H19GaN8O. The van der Waals surface area contributed by atoms with Crippen LogP contribution in [-0.2, 0) is 3.53 Å². The number of amidine groups is 4. The number of aromatic nitrogens is 2. The Morgan fingerprint density at radius 3 is 1.23 bits per heavy atom. The predicted molar refractivity (Wildman–Crippen MR) is 168 cm³/mol. The van der Waals surface area contributed by atoms with Crippen molar-refractivity contribution in [2.45, 2.75) is 0 Å². The standard InChI is InChI=1S/C32H16N8.CH3O.Ga/c1-2-10-18-17(9-1)25-33-26(18)38-28-21-13-5-6-14-22(21)30(35-28)40-32-24-16-8-7-15-23(24)31(36-32)39-29-20-12-4-3-11-19(20)27(34-29)37-25;1-2;/h1-16H;1H3;/q-2;-1;+3. The monoisotopic (exact) mass is 612 g/mol. The van der Waals surface area contributed by atoms with Crippen molar-refractivity contribution in [3.05, 3.63) is 130 Å². The molecule has 0 radical (unpaired) electrons. The van der Waals surface area contributed by atoms with Crippen molar-refractivity contribution in [3.63, 3.8) is 0 Å². The predicted octanol–water partition coefficient (Wildman–Crippen LogP) is 4.57. The van der Waals surface area contributed by atoms with E-state index in [-0.39, 0.29) is 0 Å². The quantitative estimate of drug-likeness (QED) is 0.250. The number of aliphatic imine (C=N–C) groups is 4. The summed E-state index contributed by atoms with van der Waals surface area (Å²) in [6, 6.07) is 32.8. The third kappa shape index (κ3) is 3.06. The molecule has 6 bridgehead atoms. The zero-order valence-corrected chi connectivity index (χ0v) is 25.2. The number of rotatable bonds is 1. The minimum atomic E-state index is -3.38. The second-order valence-corrected chi connectivity index (χ2v) is 15.3. The number of hydrogen-bond donors (Lipinski definition) is 0. The molecule has 0 spiro atoms. The van der Waals surface area contributed by atoms with Gasteiger partial charge >= 0.3 is 251 Å². The number of nitrogens with zero attached hydrogens (tertiary/aromatic N) is 8. The van der Waals surface area contributed by atoms with Gasteiger partial charge in [0.2, 0.25) is 0 Å². The van der Waals surface area contributed by atoms with E-state index in [1.54, 1.807) is 7.11 Å². The summed E-state index contributed by atoms with van der Waals surface area (Å²) in [5, 5.41) is 3.92. The SMILES string of the molecule is C[O][Ga]1[n]2c3c4ccccc4c2N=C2N=C(N=c4c5ccccc5c([n]41)=NC1=NC(=N3)c3ccccc31)c1ccccc12. The minimum absolute atomic E-state index is 0.628. The Kier molecular flexibility index (Phi) is 4.60. The van der Waals surface area contributed by atoms with Gasteiger partial charge in [-0.2, -0.15) is 0 Å². The summed E-state index contributed by atoms with van der Waals surface area (Å²) in [6.45, 7) is 0. The second-order valence-electron chi connectivity index (χ2n) is 10.7. The van der Waals surface area contributed by atoms with Gasteiger partial charge in [-0.25, -0.2) is 0 Å². The zero-order valence-electron chi connectivity index (χ0n) is 22.8. The first-order chi connectivity index (χ1) is 21.3. The Morgan fingerprint density at radius 2 is 0.814 bits per heavy atom. The van der Waals surface area contributed by atoms with Crippen molar-refractivity contribution in [3.8, 4) is 0 Å². The van der Waals surface area contributed by atoms with Crippen LogP contribution in [0.2, 0.25) is 0 Å². The van der Waals surface area contributed by atoms with Gasteiger partial charge in [0.25, 0.3) is 0 Å². The normalized spacial score (nSPS) is 15.6. The van der Waals surface area contributed by atoms with Crippen LogP contribution in [0.25, 0.3) is 21.5 Å². The van der Waals surface area contributed by atoms with Crippen molar-refractivity contribution in [2.75, 3.05) is 7.11 Å². The summed E-state index contributed by atoms with van der Waals surface area (Å²) >= 11 is -3.38. The van der Waals surface area contributed by atoms with E-state index in [2.05, 4.69) is 55.1 Å². The Balaban J connectivity index is 1.51. The van der Waals surface area contributed by atoms with Crippen LogP contribution in [-0.4, -0.2) is 54.1 Å². The van der Waals surface area contributed by atoms with E-state index >= 15 is 0 Å². The molecule has 6 heterocycles. The van der Waals surface area contributed by atoms with Crippen LogP contribution in [0.3, 0.4) is 0 Å². The van der Waals surface area contributed by atoms with Crippen LogP contribution < -0.4 is 11.0 Å². The van der Waals surface area contributed by atoms with E-state index in [1.807, 2.05) is 48.5 Å². The van der Waals surface area contributed by atoms with Crippen molar-refractivity contribution >= 4 is 73.6 Å². The van der Waals surface area contributed by atoms with Crippen LogP contribution in [0, 0.1) is 0 Å². The van der Waals surface area contributed by atoms with Gasteiger partial charge in [-0.1, -0.05) is 0 Å². The van der Waals surface area contributed by atoms with Gasteiger partial charge in [0.1, 0.15) is 0 Å². The van der Waals surface area contributed by atoms with Crippen LogP contribution in [0.1, 0.15) is 22.3 Å². The third-order valence-electron chi connectivity index (χ3n) is 8.47. The molecule has 10 rings (SSSR count). The van der Waals surface area contributed by atoms with E-state index in [9.17, 15) is 0 Å². The van der Waals surface area contributed by atoms with E-state index < -0.39 is 17.1 Å². The molecule has 4 aliphatic rings. The van der Waals surface area contributed by atoms with Crippen LogP contribution in [0.5, 0.6) is 0 Å². The number of hydrogen-bond acceptors (Lipinski definition) is 7. The van der Waals surface area contributed by atoms with Gasteiger partial charge < -0.3 is 0 Å². The molecule has 0 saturated carbocycles. The van der Waals surface area contributed by atoms with Crippen LogP contribution in [0.15, 0.2) is 127 Å². The molecule has 0 N–H and O–H groups in total. The Morgan fingerprint density at radius 1 is 0.442 bits per heavy atom. The van der Waals surface area contributed by atoms with Gasteiger partial charge in [0.05, 0.1) is 0 Å². The molecule has 0 atom stereocenters. The summed E-state index contributed by atoms with van der Waals surface area (Å²) in [7, 11) is 1.78. The molecule has 6 aromatic rings. The topological polar surface area (TPSA) is 93.2 Å². The second kappa shape index (κ2) is 8.45. The summed E-state index contributed by atoms with van der Waals surface area (Å²) in [5.41, 5.74) is 5.33. The summed E-state index contributed by atoms with van der Waals surface area (Å²) in [5.74, 6) is 4.05. The average molecular weight is 613 g/mol. The zero-order chi connectivity index (χ0) is 28.2. The molecule has 0 unspecified atom stereocenters. The first-order valence-corrected chi connectivity index (χ1v) is 17.2. The van der Waals surface area contributed by atoms with Crippen molar-refractivity contribution < 1.29 is 3.53 Å². The molecule has 0 aliphatic carbocycles. The molecule has 0 amide bonds. The maximum absolute atomic E-state index is 6.60. The number of benzene rings is 4. The van der Waals surface area contributed by atoms with Gasteiger partial charge in [0, 0.05) is 0 Å². The van der Waals surface area contributed by atoms with Crippen molar-refractivity contribution in [1.29, 1.82) is 0 Å². The average Bonchev–Trinajstić information content (AvgIpc) is 3.76. The molecule has 2 aromatic heterocycles. The fourth-order valence-electron chi connectivity index (χ4n) is 6.60. The Bertz CT molecular complexity index is 2350. The first-order valence-electron chi connectivity index (χ1n) is 14.0.